The van der Waals surface area contributed by atoms with E-state index in [0.717, 1.165) is 28.8 Å². The lowest BCUT2D eigenvalue weighted by Gasteiger charge is -2.17. The summed E-state index contributed by atoms with van der Waals surface area (Å²) >= 11 is 3.45. The molecule has 0 saturated heterocycles. The summed E-state index contributed by atoms with van der Waals surface area (Å²) in [6.07, 6.45) is 0.721. The maximum Gasteiger partial charge on any atom is 0.123 e. The second-order valence-corrected chi connectivity index (χ2v) is 5.79. The standard InChI is InChI=1S/C14H19BrN2O/c1-14(2,10-16)6-7-18-13-5-4-12(15)8-11(13)9-17-3/h4-5,8,17H,6-7,9H2,1-3H3. The van der Waals surface area contributed by atoms with Crippen molar-refractivity contribution < 1.29 is 4.74 Å². The number of nitriles is 1. The summed E-state index contributed by atoms with van der Waals surface area (Å²) in [5, 5.41) is 12.1. The van der Waals surface area contributed by atoms with Gasteiger partial charge in [-0.25, -0.2) is 0 Å². The molecule has 1 aromatic carbocycles. The van der Waals surface area contributed by atoms with E-state index in [2.05, 4.69) is 27.3 Å². The van der Waals surface area contributed by atoms with Crippen molar-refractivity contribution in [3.8, 4) is 11.8 Å². The first-order valence-corrected chi connectivity index (χ1v) is 6.75. The number of nitrogens with zero attached hydrogens (tertiary/aromatic N) is 1. The van der Waals surface area contributed by atoms with Gasteiger partial charge in [-0.15, -0.1) is 0 Å². The summed E-state index contributed by atoms with van der Waals surface area (Å²) < 4.78 is 6.81. The molecular weight excluding hydrogens is 292 g/mol. The summed E-state index contributed by atoms with van der Waals surface area (Å²) in [5.41, 5.74) is 0.778. The molecule has 0 aliphatic heterocycles. The number of hydrogen-bond donors (Lipinski definition) is 1. The maximum atomic E-state index is 8.94. The Morgan fingerprint density at radius 1 is 1.44 bits per heavy atom. The van der Waals surface area contributed by atoms with Gasteiger partial charge in [-0.2, -0.15) is 5.26 Å². The summed E-state index contributed by atoms with van der Waals surface area (Å²) in [5.74, 6) is 0.876. The van der Waals surface area contributed by atoms with Crippen LogP contribution in [0.25, 0.3) is 0 Å². The van der Waals surface area contributed by atoms with E-state index in [9.17, 15) is 0 Å². The molecule has 0 aliphatic carbocycles. The van der Waals surface area contributed by atoms with Gasteiger partial charge in [0.2, 0.25) is 0 Å². The molecule has 0 fully saturated rings. The summed E-state index contributed by atoms with van der Waals surface area (Å²) in [6.45, 7) is 5.16. The molecule has 0 spiro atoms. The lowest BCUT2D eigenvalue weighted by atomic mass is 9.92. The first-order valence-electron chi connectivity index (χ1n) is 5.95. The average molecular weight is 311 g/mol. The van der Waals surface area contributed by atoms with E-state index in [4.69, 9.17) is 10.00 Å². The minimum Gasteiger partial charge on any atom is -0.493 e. The number of nitrogens with one attached hydrogen (secondary N) is 1. The molecule has 1 aromatic rings. The van der Waals surface area contributed by atoms with Crippen molar-refractivity contribution in [2.24, 2.45) is 5.41 Å². The van der Waals surface area contributed by atoms with Crippen LogP contribution in [0.4, 0.5) is 0 Å². The first kappa shape index (κ1) is 15.0. The molecule has 98 valence electrons. The summed E-state index contributed by atoms with van der Waals surface area (Å²) in [4.78, 5) is 0. The molecule has 0 aromatic heterocycles. The van der Waals surface area contributed by atoms with Crippen LogP contribution in [0.3, 0.4) is 0 Å². The monoisotopic (exact) mass is 310 g/mol. The predicted octanol–water partition coefficient (Wildman–Crippen LogP) is 3.49. The third kappa shape index (κ3) is 4.67. The van der Waals surface area contributed by atoms with E-state index in [-0.39, 0.29) is 5.41 Å². The van der Waals surface area contributed by atoms with Crippen LogP contribution in [-0.4, -0.2) is 13.7 Å². The molecule has 4 heteroatoms. The molecule has 3 nitrogen and oxygen atoms in total. The Morgan fingerprint density at radius 3 is 2.78 bits per heavy atom. The maximum absolute atomic E-state index is 8.94. The van der Waals surface area contributed by atoms with Gasteiger partial charge in [-0.05, 0) is 45.5 Å². The minimum absolute atomic E-state index is 0.335. The highest BCUT2D eigenvalue weighted by Crippen LogP contribution is 2.25. The Bertz CT molecular complexity index is 438. The van der Waals surface area contributed by atoms with Gasteiger partial charge in [0, 0.05) is 16.6 Å². The number of ether oxygens (including phenoxy) is 1. The largest absolute Gasteiger partial charge is 0.493 e. The second kappa shape index (κ2) is 6.77. The van der Waals surface area contributed by atoms with Crippen LogP contribution in [0, 0.1) is 16.7 Å². The number of hydrogen-bond acceptors (Lipinski definition) is 3. The average Bonchev–Trinajstić information content (AvgIpc) is 2.32. The van der Waals surface area contributed by atoms with Crippen molar-refractivity contribution in [3.63, 3.8) is 0 Å². The van der Waals surface area contributed by atoms with E-state index in [0.29, 0.717) is 6.61 Å². The van der Waals surface area contributed by atoms with Crippen LogP contribution in [0.5, 0.6) is 5.75 Å². The van der Waals surface area contributed by atoms with Crippen LogP contribution in [0.1, 0.15) is 25.8 Å². The topological polar surface area (TPSA) is 45.0 Å². The predicted molar refractivity (Wildman–Crippen MR) is 76.4 cm³/mol. The third-order valence-electron chi connectivity index (χ3n) is 2.68. The van der Waals surface area contributed by atoms with Gasteiger partial charge in [-0.1, -0.05) is 15.9 Å². The Morgan fingerprint density at radius 2 is 2.17 bits per heavy atom. The number of benzene rings is 1. The quantitative estimate of drug-likeness (QED) is 0.875. The Balaban J connectivity index is 2.65. The van der Waals surface area contributed by atoms with Crippen LogP contribution < -0.4 is 10.1 Å². The third-order valence-corrected chi connectivity index (χ3v) is 3.17. The lowest BCUT2D eigenvalue weighted by molar-refractivity contribution is 0.262. The summed E-state index contributed by atoms with van der Waals surface area (Å²) in [7, 11) is 1.91. The van der Waals surface area contributed by atoms with Crippen LogP contribution in [0.15, 0.2) is 22.7 Å². The van der Waals surface area contributed by atoms with Crippen LogP contribution in [0.2, 0.25) is 0 Å². The van der Waals surface area contributed by atoms with Crippen LogP contribution in [-0.2, 0) is 6.54 Å². The van der Waals surface area contributed by atoms with Crippen molar-refractivity contribution in [2.75, 3.05) is 13.7 Å². The smallest absolute Gasteiger partial charge is 0.123 e. The Kier molecular flexibility index (Phi) is 5.64. The molecule has 0 bridgehead atoms. The molecular formula is C14H19BrN2O. The first-order chi connectivity index (χ1) is 8.48. The molecule has 1 rings (SSSR count). The van der Waals surface area contributed by atoms with Gasteiger partial charge in [0.1, 0.15) is 5.75 Å². The number of halogens is 1. The van der Waals surface area contributed by atoms with E-state index in [1.807, 2.05) is 39.1 Å². The van der Waals surface area contributed by atoms with Crippen LogP contribution >= 0.6 is 15.9 Å². The van der Waals surface area contributed by atoms with Gasteiger partial charge in [-0.3, -0.25) is 0 Å². The highest BCUT2D eigenvalue weighted by molar-refractivity contribution is 9.10. The summed E-state index contributed by atoms with van der Waals surface area (Å²) in [6, 6.07) is 8.24. The molecule has 0 unspecified atom stereocenters. The van der Waals surface area contributed by atoms with Crippen molar-refractivity contribution in [1.29, 1.82) is 5.26 Å². The zero-order valence-corrected chi connectivity index (χ0v) is 12.7. The van der Waals surface area contributed by atoms with E-state index in [1.54, 1.807) is 0 Å². The Hall–Kier alpha value is -1.05. The Labute approximate surface area is 117 Å². The van der Waals surface area contributed by atoms with Crippen molar-refractivity contribution in [1.82, 2.24) is 5.32 Å². The SMILES string of the molecule is CNCc1cc(Br)ccc1OCCC(C)(C)C#N. The fourth-order valence-corrected chi connectivity index (χ4v) is 1.90. The normalized spacial score (nSPS) is 11.1. The van der Waals surface area contributed by atoms with Crippen molar-refractivity contribution >= 4 is 15.9 Å². The molecule has 18 heavy (non-hydrogen) atoms. The molecule has 0 aliphatic rings. The van der Waals surface area contributed by atoms with Gasteiger partial charge in [0.05, 0.1) is 18.1 Å². The van der Waals surface area contributed by atoms with E-state index >= 15 is 0 Å². The van der Waals surface area contributed by atoms with E-state index < -0.39 is 0 Å². The van der Waals surface area contributed by atoms with Crippen molar-refractivity contribution in [3.05, 3.63) is 28.2 Å². The molecule has 0 atom stereocenters. The molecule has 0 amide bonds. The van der Waals surface area contributed by atoms with Gasteiger partial charge in [0.25, 0.3) is 0 Å². The fourth-order valence-electron chi connectivity index (χ4n) is 1.49. The number of rotatable bonds is 6. The minimum atomic E-state index is -0.335. The highest BCUT2D eigenvalue weighted by atomic mass is 79.9. The van der Waals surface area contributed by atoms with Crippen molar-refractivity contribution in [2.45, 2.75) is 26.8 Å². The van der Waals surface area contributed by atoms with Gasteiger partial charge >= 0.3 is 0 Å². The lowest BCUT2D eigenvalue weighted by Crippen LogP contribution is -2.14. The highest BCUT2D eigenvalue weighted by Gasteiger charge is 2.16. The zero-order chi connectivity index (χ0) is 13.6. The fraction of sp³-hybridized carbons (Fsp3) is 0.500. The van der Waals surface area contributed by atoms with Gasteiger partial charge < -0.3 is 10.1 Å². The zero-order valence-electron chi connectivity index (χ0n) is 11.1. The molecule has 0 heterocycles. The second-order valence-electron chi connectivity index (χ2n) is 4.88. The van der Waals surface area contributed by atoms with Gasteiger partial charge in [0.15, 0.2) is 0 Å². The molecule has 0 radical (unpaired) electrons. The van der Waals surface area contributed by atoms with E-state index in [1.165, 1.54) is 0 Å². The molecule has 1 N–H and O–H groups in total. The molecule has 0 saturated carbocycles.